The van der Waals surface area contributed by atoms with Gasteiger partial charge < -0.3 is 0 Å². The summed E-state index contributed by atoms with van der Waals surface area (Å²) in [7, 11) is 0. The number of carbonyl (C=O) groups excluding carboxylic acids is 1. The fourth-order valence-electron chi connectivity index (χ4n) is 4.80. The monoisotopic (exact) mass is 423 g/mol. The first-order chi connectivity index (χ1) is 15.1. The number of aryl methyl sites for hydroxylation is 1. The third-order valence-electron chi connectivity index (χ3n) is 6.61. The van der Waals surface area contributed by atoms with E-state index in [4.69, 9.17) is 4.84 Å². The predicted octanol–water partition coefficient (Wildman–Crippen LogP) is 3.83. The highest BCUT2D eigenvalue weighted by atomic mass is 19.1. The molecule has 3 aromatic heterocycles. The molecule has 2 fully saturated rings. The normalized spacial score (nSPS) is 24.1. The topological polar surface area (TPSA) is 72.6 Å². The molecule has 3 aromatic rings. The van der Waals surface area contributed by atoms with Crippen molar-refractivity contribution in [1.29, 1.82) is 0 Å². The number of amides is 1. The number of hydroxylamine groups is 2. The lowest BCUT2D eigenvalue weighted by atomic mass is 9.79. The Hall–Kier alpha value is -2.87. The summed E-state index contributed by atoms with van der Waals surface area (Å²) < 4.78 is 15.8. The minimum atomic E-state index is -0.346. The molecule has 1 amide bonds. The van der Waals surface area contributed by atoms with E-state index in [1.807, 2.05) is 12.3 Å². The van der Waals surface area contributed by atoms with Gasteiger partial charge in [-0.3, -0.25) is 14.6 Å². The lowest BCUT2D eigenvalue weighted by Crippen LogP contribution is -2.36. The number of carbonyl (C=O) groups is 1. The van der Waals surface area contributed by atoms with Crippen LogP contribution in [0.3, 0.4) is 0 Å². The molecule has 0 radical (unpaired) electrons. The highest BCUT2D eigenvalue weighted by molar-refractivity contribution is 5.78. The first kappa shape index (κ1) is 20.1. The summed E-state index contributed by atoms with van der Waals surface area (Å²) in [5, 5.41) is 5.69. The molecule has 0 bridgehead atoms. The summed E-state index contributed by atoms with van der Waals surface area (Å²) in [6.45, 7) is 2.10. The Labute approximate surface area is 180 Å². The number of hydrogen-bond acceptors (Lipinski definition) is 5. The molecule has 162 valence electrons. The molecule has 1 saturated carbocycles. The van der Waals surface area contributed by atoms with Gasteiger partial charge in [0, 0.05) is 24.7 Å². The third-order valence-corrected chi connectivity index (χ3v) is 6.61. The van der Waals surface area contributed by atoms with E-state index < -0.39 is 0 Å². The molecule has 1 aliphatic heterocycles. The van der Waals surface area contributed by atoms with Gasteiger partial charge in [-0.2, -0.15) is 5.10 Å². The van der Waals surface area contributed by atoms with E-state index in [9.17, 15) is 9.18 Å². The number of pyridine rings is 2. The zero-order valence-electron chi connectivity index (χ0n) is 17.6. The SMILES string of the molecule is Cc1ncc([C@@H]2CCON2C(=O)[C@H]2CC[C@H](Cc3ccc4ncnn4c3)CC2)cc1F. The molecule has 31 heavy (non-hydrogen) atoms. The van der Waals surface area contributed by atoms with Gasteiger partial charge in [-0.25, -0.2) is 19.0 Å². The number of aromatic nitrogens is 4. The number of nitrogens with zero attached hydrogens (tertiary/aromatic N) is 5. The third kappa shape index (κ3) is 4.04. The maximum Gasteiger partial charge on any atom is 0.249 e. The van der Waals surface area contributed by atoms with E-state index in [2.05, 4.69) is 21.1 Å². The highest BCUT2D eigenvalue weighted by Gasteiger charge is 2.37. The van der Waals surface area contributed by atoms with Gasteiger partial charge in [0.15, 0.2) is 5.65 Å². The van der Waals surface area contributed by atoms with Crippen molar-refractivity contribution in [2.24, 2.45) is 11.8 Å². The predicted molar refractivity (Wildman–Crippen MR) is 111 cm³/mol. The van der Waals surface area contributed by atoms with Crippen molar-refractivity contribution in [3.8, 4) is 0 Å². The summed E-state index contributed by atoms with van der Waals surface area (Å²) in [5.41, 5.74) is 3.15. The van der Waals surface area contributed by atoms with Crippen LogP contribution in [0.4, 0.5) is 4.39 Å². The second kappa shape index (κ2) is 8.34. The van der Waals surface area contributed by atoms with E-state index >= 15 is 0 Å². The Kier molecular flexibility index (Phi) is 5.40. The van der Waals surface area contributed by atoms with Crippen LogP contribution in [0.1, 0.15) is 55.0 Å². The van der Waals surface area contributed by atoms with Crippen LogP contribution >= 0.6 is 0 Å². The fourth-order valence-corrected chi connectivity index (χ4v) is 4.80. The van der Waals surface area contributed by atoms with Crippen molar-refractivity contribution in [3.63, 3.8) is 0 Å². The van der Waals surface area contributed by atoms with Crippen molar-refractivity contribution in [1.82, 2.24) is 24.6 Å². The standard InChI is InChI=1S/C23H26FN5O2/c1-15-20(24)11-19(12-25-15)21-8-9-31-29(21)23(30)18-5-2-16(3-6-18)10-17-4-7-22-26-14-27-28(22)13-17/h4,7,11-14,16,18,21H,2-3,5-6,8-10H2,1H3/t16-,18-,21-/m0/s1. The number of rotatable bonds is 4. The first-order valence-corrected chi connectivity index (χ1v) is 10.9. The molecule has 0 unspecified atom stereocenters. The van der Waals surface area contributed by atoms with Crippen LogP contribution in [0, 0.1) is 24.6 Å². The Morgan fingerprint density at radius 3 is 2.84 bits per heavy atom. The van der Waals surface area contributed by atoms with E-state index in [-0.39, 0.29) is 23.7 Å². The average molecular weight is 423 g/mol. The Balaban J connectivity index is 1.20. The van der Waals surface area contributed by atoms with E-state index in [0.717, 1.165) is 37.8 Å². The van der Waals surface area contributed by atoms with Crippen LogP contribution in [-0.2, 0) is 16.1 Å². The second-order valence-electron chi connectivity index (χ2n) is 8.66. The molecule has 2 aliphatic rings. The Morgan fingerprint density at radius 2 is 2.03 bits per heavy atom. The first-order valence-electron chi connectivity index (χ1n) is 10.9. The Morgan fingerprint density at radius 1 is 1.19 bits per heavy atom. The maximum atomic E-state index is 14.0. The Bertz CT molecular complexity index is 1090. The van der Waals surface area contributed by atoms with Gasteiger partial charge in [-0.15, -0.1) is 0 Å². The lowest BCUT2D eigenvalue weighted by Gasteiger charge is -2.32. The van der Waals surface area contributed by atoms with Gasteiger partial charge in [0.05, 0.1) is 18.3 Å². The van der Waals surface area contributed by atoms with Crippen LogP contribution in [-0.4, -0.2) is 37.2 Å². The number of fused-ring (bicyclic) bond motifs is 1. The molecular formula is C23H26FN5O2. The molecule has 5 rings (SSSR count). The minimum absolute atomic E-state index is 0.0194. The molecule has 0 N–H and O–H groups in total. The summed E-state index contributed by atoms with van der Waals surface area (Å²) in [6.07, 6.45) is 10.6. The summed E-state index contributed by atoms with van der Waals surface area (Å²) in [5.74, 6) is 0.181. The van der Waals surface area contributed by atoms with Crippen molar-refractivity contribution in [2.45, 2.75) is 51.5 Å². The van der Waals surface area contributed by atoms with Crippen molar-refractivity contribution >= 4 is 11.6 Å². The molecule has 1 saturated heterocycles. The largest absolute Gasteiger partial charge is 0.272 e. The number of halogens is 1. The minimum Gasteiger partial charge on any atom is -0.272 e. The molecule has 8 heteroatoms. The van der Waals surface area contributed by atoms with Gasteiger partial charge in [0.2, 0.25) is 5.91 Å². The van der Waals surface area contributed by atoms with Crippen molar-refractivity contribution < 1.29 is 14.0 Å². The molecule has 1 atom stereocenters. The van der Waals surface area contributed by atoms with E-state index in [1.54, 1.807) is 24.0 Å². The molecule has 0 spiro atoms. The summed E-state index contributed by atoms with van der Waals surface area (Å²) in [6, 6.07) is 5.32. The zero-order chi connectivity index (χ0) is 21.4. The second-order valence-corrected chi connectivity index (χ2v) is 8.66. The molecular weight excluding hydrogens is 397 g/mol. The quantitative estimate of drug-likeness (QED) is 0.638. The van der Waals surface area contributed by atoms with Gasteiger partial charge in [-0.05, 0) is 68.2 Å². The van der Waals surface area contributed by atoms with Crippen LogP contribution < -0.4 is 0 Å². The van der Waals surface area contributed by atoms with Gasteiger partial charge in [0.1, 0.15) is 12.1 Å². The molecule has 0 aromatic carbocycles. The van der Waals surface area contributed by atoms with Gasteiger partial charge in [-0.1, -0.05) is 6.07 Å². The number of hydrogen-bond donors (Lipinski definition) is 0. The molecule has 4 heterocycles. The van der Waals surface area contributed by atoms with Crippen molar-refractivity contribution in [3.05, 3.63) is 59.6 Å². The van der Waals surface area contributed by atoms with E-state index in [1.165, 1.54) is 16.7 Å². The lowest BCUT2D eigenvalue weighted by molar-refractivity contribution is -0.183. The van der Waals surface area contributed by atoms with Crippen LogP contribution in [0.2, 0.25) is 0 Å². The van der Waals surface area contributed by atoms with Crippen molar-refractivity contribution in [2.75, 3.05) is 6.61 Å². The smallest absolute Gasteiger partial charge is 0.249 e. The highest BCUT2D eigenvalue weighted by Crippen LogP contribution is 2.37. The van der Waals surface area contributed by atoms with Crippen LogP contribution in [0.25, 0.3) is 5.65 Å². The van der Waals surface area contributed by atoms with Crippen LogP contribution in [0.5, 0.6) is 0 Å². The maximum absolute atomic E-state index is 14.0. The molecule has 1 aliphatic carbocycles. The summed E-state index contributed by atoms with van der Waals surface area (Å²) in [4.78, 5) is 27.2. The van der Waals surface area contributed by atoms with Gasteiger partial charge in [0.25, 0.3) is 0 Å². The van der Waals surface area contributed by atoms with Crippen LogP contribution in [0.15, 0.2) is 36.9 Å². The fraction of sp³-hybridized carbons (Fsp3) is 0.478. The zero-order valence-corrected chi connectivity index (χ0v) is 17.6. The van der Waals surface area contributed by atoms with Gasteiger partial charge >= 0.3 is 0 Å². The molecule has 7 nitrogen and oxygen atoms in total. The van der Waals surface area contributed by atoms with E-state index in [0.29, 0.717) is 30.2 Å². The average Bonchev–Trinajstić information content (AvgIpc) is 3.45. The summed E-state index contributed by atoms with van der Waals surface area (Å²) >= 11 is 0.